The number of nitrogens with zero attached hydrogens (tertiary/aromatic N) is 1. The van der Waals surface area contributed by atoms with Crippen molar-refractivity contribution in [2.45, 2.75) is 32.2 Å². The van der Waals surface area contributed by atoms with Crippen molar-refractivity contribution in [2.75, 3.05) is 26.2 Å². The summed E-state index contributed by atoms with van der Waals surface area (Å²) in [7, 11) is 0. The number of aryl methyl sites for hydroxylation is 1. The summed E-state index contributed by atoms with van der Waals surface area (Å²) in [5, 5.41) is 3.76. The van der Waals surface area contributed by atoms with E-state index in [1.54, 1.807) is 0 Å². The summed E-state index contributed by atoms with van der Waals surface area (Å²) in [4.78, 5) is 14.7. The lowest BCUT2D eigenvalue weighted by Gasteiger charge is -2.29. The third-order valence-corrected chi connectivity index (χ3v) is 5.38. The lowest BCUT2D eigenvalue weighted by molar-refractivity contribution is -0.123. The number of halogens is 1. The van der Waals surface area contributed by atoms with Crippen LogP contribution in [0.3, 0.4) is 0 Å². The second kappa shape index (κ2) is 9.77. The van der Waals surface area contributed by atoms with E-state index in [1.807, 2.05) is 48.5 Å². The zero-order chi connectivity index (χ0) is 19.1. The number of nitrogens with one attached hydrogen (secondary N) is 1. The fourth-order valence-corrected chi connectivity index (χ4v) is 3.73. The molecule has 0 aromatic heterocycles. The molecule has 0 aliphatic carbocycles. The summed E-state index contributed by atoms with van der Waals surface area (Å²) in [5.41, 5.74) is 2.32. The highest BCUT2D eigenvalue weighted by atomic mass is 35.5. The molecule has 1 fully saturated rings. The lowest BCUT2D eigenvalue weighted by atomic mass is 10.1. The van der Waals surface area contributed by atoms with Crippen LogP contribution >= 0.6 is 11.6 Å². The average Bonchev–Trinajstić information content (AvgIpc) is 3.23. The van der Waals surface area contributed by atoms with Crippen LogP contribution in [0.4, 0.5) is 0 Å². The van der Waals surface area contributed by atoms with Gasteiger partial charge in [-0.2, -0.15) is 0 Å². The van der Waals surface area contributed by atoms with Crippen LogP contribution in [0.5, 0.6) is 5.75 Å². The van der Waals surface area contributed by atoms with E-state index in [9.17, 15) is 4.79 Å². The van der Waals surface area contributed by atoms with E-state index in [0.29, 0.717) is 12.3 Å². The Bertz CT molecular complexity index is 742. The number of likely N-dealkylation sites (tertiary alicyclic amines) is 1. The maximum Gasteiger partial charge on any atom is 0.258 e. The molecule has 3 rings (SSSR count). The van der Waals surface area contributed by atoms with E-state index in [1.165, 1.54) is 18.4 Å². The highest BCUT2D eigenvalue weighted by molar-refractivity contribution is 6.31. The Morgan fingerprint density at radius 2 is 1.85 bits per heavy atom. The van der Waals surface area contributed by atoms with Crippen LogP contribution in [0.1, 0.15) is 36.9 Å². The number of hydrogen-bond acceptors (Lipinski definition) is 3. The van der Waals surface area contributed by atoms with Crippen molar-refractivity contribution in [1.29, 1.82) is 0 Å². The van der Waals surface area contributed by atoms with Gasteiger partial charge in [-0.15, -0.1) is 0 Å². The van der Waals surface area contributed by atoms with Crippen molar-refractivity contribution in [1.82, 2.24) is 10.2 Å². The van der Waals surface area contributed by atoms with Gasteiger partial charge in [-0.3, -0.25) is 9.69 Å². The fourth-order valence-electron chi connectivity index (χ4n) is 3.47. The van der Waals surface area contributed by atoms with Crippen LogP contribution in [0, 0.1) is 0 Å². The van der Waals surface area contributed by atoms with Gasteiger partial charge in [0.25, 0.3) is 5.91 Å². The molecule has 2 aromatic carbocycles. The zero-order valence-electron chi connectivity index (χ0n) is 15.8. The number of hydrogen-bond donors (Lipinski definition) is 1. The molecule has 1 aliphatic rings. The van der Waals surface area contributed by atoms with Crippen LogP contribution < -0.4 is 10.1 Å². The number of benzene rings is 2. The minimum absolute atomic E-state index is 0.0146. The molecule has 0 unspecified atom stereocenters. The molecule has 1 atom stereocenters. The average molecular weight is 387 g/mol. The molecule has 5 heteroatoms. The molecule has 0 saturated carbocycles. The summed E-state index contributed by atoms with van der Waals surface area (Å²) in [6.45, 7) is 4.72. The van der Waals surface area contributed by atoms with Crippen molar-refractivity contribution >= 4 is 17.5 Å². The second-order valence-electron chi connectivity index (χ2n) is 6.87. The van der Waals surface area contributed by atoms with Crippen LogP contribution in [-0.2, 0) is 11.2 Å². The topological polar surface area (TPSA) is 41.6 Å². The van der Waals surface area contributed by atoms with Crippen molar-refractivity contribution in [2.24, 2.45) is 0 Å². The lowest BCUT2D eigenvalue weighted by Crippen LogP contribution is -2.38. The molecule has 1 aliphatic heterocycles. The number of carbonyl (C=O) groups is 1. The first kappa shape index (κ1) is 19.7. The van der Waals surface area contributed by atoms with Gasteiger partial charge in [-0.05, 0) is 61.7 Å². The molecule has 144 valence electrons. The van der Waals surface area contributed by atoms with Gasteiger partial charge in [-0.25, -0.2) is 0 Å². The fraction of sp³-hybridized carbons (Fsp3) is 0.409. The van der Waals surface area contributed by atoms with Gasteiger partial charge in [-0.1, -0.05) is 48.9 Å². The SMILES string of the molecule is CCc1ccc(OCC(=O)NC[C@@H](c2ccccc2Cl)N2CCCC2)cc1. The maximum absolute atomic E-state index is 12.3. The Balaban J connectivity index is 1.56. The number of rotatable bonds is 8. The van der Waals surface area contributed by atoms with Crippen LogP contribution in [0.15, 0.2) is 48.5 Å². The number of carbonyl (C=O) groups excluding carboxylic acids is 1. The summed E-state index contributed by atoms with van der Waals surface area (Å²) in [6, 6.07) is 15.8. The Hall–Kier alpha value is -2.04. The molecule has 1 heterocycles. The quantitative estimate of drug-likeness (QED) is 0.738. The summed E-state index contributed by atoms with van der Waals surface area (Å²) < 4.78 is 5.60. The monoisotopic (exact) mass is 386 g/mol. The van der Waals surface area contributed by atoms with E-state index in [-0.39, 0.29) is 18.6 Å². The molecule has 0 bridgehead atoms. The van der Waals surface area contributed by atoms with Crippen molar-refractivity contribution < 1.29 is 9.53 Å². The third-order valence-electron chi connectivity index (χ3n) is 5.04. The minimum atomic E-state index is -0.120. The van der Waals surface area contributed by atoms with Crippen molar-refractivity contribution in [3.8, 4) is 5.75 Å². The molecule has 27 heavy (non-hydrogen) atoms. The summed E-state index contributed by atoms with van der Waals surface area (Å²) >= 11 is 6.41. The van der Waals surface area contributed by atoms with Gasteiger partial charge in [0.2, 0.25) is 0 Å². The van der Waals surface area contributed by atoms with E-state index in [2.05, 4.69) is 17.1 Å². The van der Waals surface area contributed by atoms with E-state index in [4.69, 9.17) is 16.3 Å². The molecule has 2 aromatic rings. The third kappa shape index (κ3) is 5.47. The van der Waals surface area contributed by atoms with Crippen LogP contribution in [0.2, 0.25) is 5.02 Å². The van der Waals surface area contributed by atoms with Crippen molar-refractivity contribution in [3.63, 3.8) is 0 Å². The maximum atomic E-state index is 12.3. The molecule has 1 N–H and O–H groups in total. The molecular weight excluding hydrogens is 360 g/mol. The normalized spacial score (nSPS) is 15.5. The predicted octanol–water partition coefficient (Wildman–Crippen LogP) is 4.23. The molecule has 1 saturated heterocycles. The molecular formula is C22H27ClN2O2. The van der Waals surface area contributed by atoms with E-state index in [0.717, 1.165) is 30.1 Å². The standard InChI is InChI=1S/C22H27ClN2O2/c1-2-17-9-11-18(12-10-17)27-16-22(26)24-15-21(25-13-5-6-14-25)19-7-3-4-8-20(19)23/h3-4,7-12,21H,2,5-6,13-16H2,1H3,(H,24,26)/t21-/m0/s1. The van der Waals surface area contributed by atoms with Gasteiger partial charge < -0.3 is 10.1 Å². The summed E-state index contributed by atoms with van der Waals surface area (Å²) in [5.74, 6) is 0.593. The molecule has 1 amide bonds. The highest BCUT2D eigenvalue weighted by Gasteiger charge is 2.25. The Kier molecular flexibility index (Phi) is 7.13. The molecule has 4 nitrogen and oxygen atoms in total. The van der Waals surface area contributed by atoms with Gasteiger partial charge in [0.1, 0.15) is 5.75 Å². The first-order valence-corrected chi connectivity index (χ1v) is 10.0. The van der Waals surface area contributed by atoms with E-state index >= 15 is 0 Å². The van der Waals surface area contributed by atoms with Gasteiger partial charge >= 0.3 is 0 Å². The van der Waals surface area contributed by atoms with Gasteiger partial charge in [0, 0.05) is 11.6 Å². The minimum Gasteiger partial charge on any atom is -0.484 e. The predicted molar refractivity (Wildman–Crippen MR) is 109 cm³/mol. The second-order valence-corrected chi connectivity index (χ2v) is 7.28. The summed E-state index contributed by atoms with van der Waals surface area (Å²) in [6.07, 6.45) is 3.36. The first-order valence-electron chi connectivity index (χ1n) is 9.64. The Morgan fingerprint density at radius 3 is 2.52 bits per heavy atom. The van der Waals surface area contributed by atoms with E-state index < -0.39 is 0 Å². The zero-order valence-corrected chi connectivity index (χ0v) is 16.5. The first-order chi connectivity index (χ1) is 13.2. The van der Waals surface area contributed by atoms with Gasteiger partial charge in [0.05, 0.1) is 6.04 Å². The smallest absolute Gasteiger partial charge is 0.258 e. The number of ether oxygens (including phenoxy) is 1. The van der Waals surface area contributed by atoms with Gasteiger partial charge in [0.15, 0.2) is 6.61 Å². The Morgan fingerprint density at radius 1 is 1.15 bits per heavy atom. The van der Waals surface area contributed by atoms with Crippen LogP contribution in [0.25, 0.3) is 0 Å². The van der Waals surface area contributed by atoms with Crippen molar-refractivity contribution in [3.05, 3.63) is 64.7 Å². The highest BCUT2D eigenvalue weighted by Crippen LogP contribution is 2.29. The molecule has 0 radical (unpaired) electrons. The van der Waals surface area contributed by atoms with Crippen LogP contribution in [-0.4, -0.2) is 37.0 Å². The largest absolute Gasteiger partial charge is 0.484 e. The Labute approximate surface area is 166 Å². The number of amides is 1. The molecule has 0 spiro atoms.